The fraction of sp³-hybridized carbons (Fsp3) is 0.367. The molecule has 0 bridgehead atoms. The summed E-state index contributed by atoms with van der Waals surface area (Å²) < 4.78 is 5.49. The molecule has 3 aliphatic carbocycles. The third-order valence-electron chi connectivity index (χ3n) is 8.39. The molecule has 0 radical (unpaired) electrons. The van der Waals surface area contributed by atoms with Gasteiger partial charge in [0.15, 0.2) is 34.7 Å². The maximum Gasteiger partial charge on any atom is 0.235 e. The van der Waals surface area contributed by atoms with Crippen LogP contribution in [0.5, 0.6) is 11.5 Å². The van der Waals surface area contributed by atoms with Crippen LogP contribution in [0.25, 0.3) is 11.6 Å². The van der Waals surface area contributed by atoms with Crippen molar-refractivity contribution < 1.29 is 44.0 Å². The van der Waals surface area contributed by atoms with Gasteiger partial charge in [0.05, 0.1) is 36.2 Å². The van der Waals surface area contributed by atoms with Crippen molar-refractivity contribution in [3.05, 3.63) is 59.2 Å². The molecule has 0 spiro atoms. The van der Waals surface area contributed by atoms with Gasteiger partial charge in [-0.15, -0.1) is 0 Å². The summed E-state index contributed by atoms with van der Waals surface area (Å²) in [6.45, 7) is 2.30. The van der Waals surface area contributed by atoms with Gasteiger partial charge in [0, 0.05) is 5.92 Å². The molecule has 11 heteroatoms. The van der Waals surface area contributed by atoms with E-state index in [1.807, 2.05) is 6.92 Å². The number of likely N-dealkylation sites (N-methyl/N-ethyl adjacent to an activating group) is 1. The van der Waals surface area contributed by atoms with Gasteiger partial charge in [-0.05, 0) is 55.9 Å². The van der Waals surface area contributed by atoms with Gasteiger partial charge in [-0.25, -0.2) is 0 Å². The van der Waals surface area contributed by atoms with Crippen molar-refractivity contribution in [3.63, 3.8) is 0 Å². The zero-order chi connectivity index (χ0) is 30.0. The van der Waals surface area contributed by atoms with Crippen molar-refractivity contribution in [2.45, 2.75) is 24.7 Å². The number of aromatic hydroxyl groups is 1. The minimum Gasteiger partial charge on any atom is -0.507 e. The minimum atomic E-state index is -3.06. The van der Waals surface area contributed by atoms with Gasteiger partial charge < -0.3 is 25.8 Å². The summed E-state index contributed by atoms with van der Waals surface area (Å²) in [7, 11) is 2.88. The minimum absolute atomic E-state index is 0.205. The van der Waals surface area contributed by atoms with Crippen LogP contribution < -0.4 is 10.5 Å². The van der Waals surface area contributed by atoms with E-state index in [9.17, 15) is 39.3 Å². The van der Waals surface area contributed by atoms with E-state index in [0.717, 1.165) is 0 Å². The SMILES string of the molecule is CCOc1ccc(C=C2c3cccc(O)c3C(=O)C3C(=O)C4(O)C(=O)C(C(N)=O)C(=O)C(N(C)C)C4C(O)C23)cc1. The number of amides is 1. The van der Waals surface area contributed by atoms with Gasteiger partial charge in [0.1, 0.15) is 11.5 Å². The number of benzene rings is 2. The molecule has 2 aromatic carbocycles. The largest absolute Gasteiger partial charge is 0.507 e. The summed E-state index contributed by atoms with van der Waals surface area (Å²) in [4.78, 5) is 68.3. The molecule has 5 N–H and O–H groups in total. The lowest BCUT2D eigenvalue weighted by Crippen LogP contribution is -2.77. The zero-order valence-corrected chi connectivity index (χ0v) is 22.6. The highest BCUT2D eigenvalue weighted by Gasteiger charge is 2.72. The standard InChI is InChI=1S/C30H30N2O9/c1-4-41-14-10-8-13(9-11-14)12-16-15-6-5-7-17(33)18(15)24(34)20-19(16)25(35)22-23(32(2)3)26(36)21(29(31)39)28(38)30(22,40)27(20)37/h5-12,19-23,25,33,35,40H,4H2,1-3H3,(H2,31,39). The smallest absolute Gasteiger partial charge is 0.235 e. The first-order valence-corrected chi connectivity index (χ1v) is 13.2. The number of primary amides is 1. The Bertz CT molecular complexity index is 1510. The number of ketones is 4. The van der Waals surface area contributed by atoms with E-state index >= 15 is 0 Å². The van der Waals surface area contributed by atoms with Crippen LogP contribution in [-0.4, -0.2) is 87.7 Å². The third kappa shape index (κ3) is 4.03. The number of ether oxygens (including phenoxy) is 1. The van der Waals surface area contributed by atoms with E-state index in [1.54, 1.807) is 36.4 Å². The van der Waals surface area contributed by atoms with E-state index in [-0.39, 0.29) is 11.1 Å². The first kappa shape index (κ1) is 28.3. The van der Waals surface area contributed by atoms with E-state index in [2.05, 4.69) is 0 Å². The highest BCUT2D eigenvalue weighted by atomic mass is 16.5. The summed E-state index contributed by atoms with van der Waals surface area (Å²) in [5, 5.41) is 34.4. The first-order chi connectivity index (χ1) is 19.4. The number of Topliss-reactive ketones (excluding diaryl/α,β-unsaturated/α-hetero) is 4. The lowest BCUT2D eigenvalue weighted by Gasteiger charge is -2.55. The number of nitrogens with two attached hydrogens (primary N) is 1. The lowest BCUT2D eigenvalue weighted by atomic mass is 9.50. The average molecular weight is 563 g/mol. The highest BCUT2D eigenvalue weighted by molar-refractivity contribution is 6.33. The number of rotatable bonds is 5. The fourth-order valence-corrected chi connectivity index (χ4v) is 6.68. The Kier molecular flexibility index (Phi) is 6.93. The molecule has 7 atom stereocenters. The molecular formula is C30H30N2O9. The molecule has 1 amide bonds. The predicted octanol–water partition coefficient (Wildman–Crippen LogP) is 0.235. The Balaban J connectivity index is 1.76. The number of aliphatic hydroxyl groups excluding tert-OH is 1. The van der Waals surface area contributed by atoms with Crippen molar-refractivity contribution in [1.29, 1.82) is 0 Å². The molecule has 41 heavy (non-hydrogen) atoms. The van der Waals surface area contributed by atoms with Crippen LogP contribution in [0.15, 0.2) is 42.5 Å². The normalized spacial score (nSPS) is 32.0. The second-order valence-corrected chi connectivity index (χ2v) is 10.8. The lowest BCUT2D eigenvalue weighted by molar-refractivity contribution is -0.192. The van der Waals surface area contributed by atoms with Crippen molar-refractivity contribution >= 4 is 40.7 Å². The molecule has 11 nitrogen and oxygen atoms in total. The van der Waals surface area contributed by atoms with E-state index < -0.39 is 76.2 Å². The Hall–Kier alpha value is -4.19. The summed E-state index contributed by atoms with van der Waals surface area (Å²) in [5.74, 6) is -12.7. The maximum atomic E-state index is 14.2. The Labute approximate surface area is 235 Å². The van der Waals surface area contributed by atoms with Crippen molar-refractivity contribution in [3.8, 4) is 11.5 Å². The van der Waals surface area contributed by atoms with Gasteiger partial charge in [-0.3, -0.25) is 28.9 Å². The maximum absolute atomic E-state index is 14.2. The van der Waals surface area contributed by atoms with Gasteiger partial charge in [0.2, 0.25) is 5.91 Å². The number of carbonyl (C=O) groups excluding carboxylic acids is 5. The quantitative estimate of drug-likeness (QED) is 0.368. The predicted molar refractivity (Wildman–Crippen MR) is 145 cm³/mol. The zero-order valence-electron chi connectivity index (χ0n) is 22.6. The number of hydrogen-bond acceptors (Lipinski definition) is 10. The summed E-state index contributed by atoms with van der Waals surface area (Å²) in [5.41, 5.74) is 3.24. The van der Waals surface area contributed by atoms with Crippen LogP contribution in [0, 0.1) is 23.7 Å². The monoisotopic (exact) mass is 562 g/mol. The Morgan fingerprint density at radius 3 is 2.32 bits per heavy atom. The molecule has 5 rings (SSSR count). The molecule has 214 valence electrons. The second-order valence-electron chi connectivity index (χ2n) is 10.8. The van der Waals surface area contributed by atoms with Crippen LogP contribution in [-0.2, 0) is 19.2 Å². The summed E-state index contributed by atoms with van der Waals surface area (Å²) >= 11 is 0. The third-order valence-corrected chi connectivity index (χ3v) is 8.39. The van der Waals surface area contributed by atoms with E-state index in [1.165, 1.54) is 31.1 Å². The molecule has 0 aromatic heterocycles. The first-order valence-electron chi connectivity index (χ1n) is 13.2. The van der Waals surface area contributed by atoms with E-state index in [4.69, 9.17) is 10.5 Å². The molecule has 0 saturated heterocycles. The Morgan fingerprint density at radius 1 is 1.07 bits per heavy atom. The van der Waals surface area contributed by atoms with Crippen molar-refractivity contribution in [1.82, 2.24) is 4.90 Å². The number of phenols is 1. The van der Waals surface area contributed by atoms with Gasteiger partial charge in [0.25, 0.3) is 0 Å². The van der Waals surface area contributed by atoms with Gasteiger partial charge in [-0.1, -0.05) is 30.3 Å². The number of phenolic OH excluding ortho intramolecular Hbond substituents is 1. The molecule has 2 aromatic rings. The second kappa shape index (κ2) is 10.0. The number of aliphatic hydroxyl groups is 2. The molecule has 3 aliphatic rings. The summed E-state index contributed by atoms with van der Waals surface area (Å²) in [6, 6.07) is 9.78. The average Bonchev–Trinajstić information content (AvgIpc) is 2.91. The van der Waals surface area contributed by atoms with Crippen molar-refractivity contribution in [2.24, 2.45) is 29.4 Å². The number of carbonyl (C=O) groups is 5. The van der Waals surface area contributed by atoms with Crippen LogP contribution in [0.1, 0.15) is 28.4 Å². The number of nitrogens with zero attached hydrogens (tertiary/aromatic N) is 1. The van der Waals surface area contributed by atoms with Crippen LogP contribution in [0.3, 0.4) is 0 Å². The van der Waals surface area contributed by atoms with Gasteiger partial charge in [-0.2, -0.15) is 0 Å². The molecule has 2 fully saturated rings. The number of hydrogen-bond donors (Lipinski definition) is 4. The topological polar surface area (TPSA) is 185 Å². The van der Waals surface area contributed by atoms with E-state index in [0.29, 0.717) is 23.5 Å². The number of fused-ring (bicyclic) bond motifs is 3. The van der Waals surface area contributed by atoms with Crippen LogP contribution >= 0.6 is 0 Å². The molecular weight excluding hydrogens is 532 g/mol. The Morgan fingerprint density at radius 2 is 1.73 bits per heavy atom. The summed E-state index contributed by atoms with van der Waals surface area (Å²) in [6.07, 6.45) is -0.132. The molecule has 0 aliphatic heterocycles. The molecule has 7 unspecified atom stereocenters. The van der Waals surface area contributed by atoms with Gasteiger partial charge >= 0.3 is 0 Å². The molecule has 2 saturated carbocycles. The molecule has 0 heterocycles. The highest BCUT2D eigenvalue weighted by Crippen LogP contribution is 2.54. The fourth-order valence-electron chi connectivity index (χ4n) is 6.68. The van der Waals surface area contributed by atoms with Crippen LogP contribution in [0.4, 0.5) is 0 Å². The van der Waals surface area contributed by atoms with Crippen molar-refractivity contribution in [2.75, 3.05) is 20.7 Å². The van der Waals surface area contributed by atoms with Crippen LogP contribution in [0.2, 0.25) is 0 Å².